The predicted octanol–water partition coefficient (Wildman–Crippen LogP) is 2.42. The molecule has 9 heteroatoms. The van der Waals surface area contributed by atoms with Gasteiger partial charge in [-0.2, -0.15) is 10.1 Å². The SMILES string of the molecule is Cn1nc(-c2nc(-c3n[nH]c(C4CC4)n3)no2)c2cc(F)ccc21. The van der Waals surface area contributed by atoms with E-state index in [0.29, 0.717) is 22.8 Å². The van der Waals surface area contributed by atoms with Crippen LogP contribution in [0.2, 0.25) is 0 Å². The maximum absolute atomic E-state index is 13.6. The second-order valence-electron chi connectivity index (χ2n) is 5.88. The van der Waals surface area contributed by atoms with Crippen LogP contribution < -0.4 is 0 Å². The fraction of sp³-hybridized carbons (Fsp3) is 0.267. The molecule has 5 rings (SSSR count). The highest BCUT2D eigenvalue weighted by Crippen LogP contribution is 2.38. The molecule has 0 saturated heterocycles. The zero-order valence-corrected chi connectivity index (χ0v) is 12.7. The molecule has 0 amide bonds. The summed E-state index contributed by atoms with van der Waals surface area (Å²) in [6.07, 6.45) is 2.25. The molecule has 1 fully saturated rings. The van der Waals surface area contributed by atoms with Gasteiger partial charge in [0.25, 0.3) is 5.89 Å². The molecule has 24 heavy (non-hydrogen) atoms. The van der Waals surface area contributed by atoms with Crippen molar-refractivity contribution in [3.05, 3.63) is 29.8 Å². The van der Waals surface area contributed by atoms with E-state index < -0.39 is 0 Å². The third-order valence-electron chi connectivity index (χ3n) is 4.11. The zero-order valence-electron chi connectivity index (χ0n) is 12.7. The van der Waals surface area contributed by atoms with E-state index >= 15 is 0 Å². The third kappa shape index (κ3) is 2.01. The lowest BCUT2D eigenvalue weighted by atomic mass is 10.2. The maximum Gasteiger partial charge on any atom is 0.279 e. The van der Waals surface area contributed by atoms with Crippen molar-refractivity contribution in [2.24, 2.45) is 7.05 Å². The van der Waals surface area contributed by atoms with Gasteiger partial charge in [-0.1, -0.05) is 5.16 Å². The lowest BCUT2D eigenvalue weighted by Gasteiger charge is -1.92. The van der Waals surface area contributed by atoms with Crippen molar-refractivity contribution in [2.45, 2.75) is 18.8 Å². The molecular weight excluding hydrogens is 313 g/mol. The van der Waals surface area contributed by atoms with E-state index in [2.05, 4.69) is 30.4 Å². The van der Waals surface area contributed by atoms with E-state index in [1.165, 1.54) is 12.1 Å². The van der Waals surface area contributed by atoms with E-state index in [1.807, 2.05) is 0 Å². The first-order valence-electron chi connectivity index (χ1n) is 7.58. The van der Waals surface area contributed by atoms with Crippen LogP contribution in [0.3, 0.4) is 0 Å². The summed E-state index contributed by atoms with van der Waals surface area (Å²) in [5.74, 6) is 1.84. The molecule has 0 atom stereocenters. The number of fused-ring (bicyclic) bond motifs is 1. The standard InChI is InChI=1S/C15H12FN7O/c1-23-10-5-4-8(16)6-9(10)11(21-23)15-18-14(22-24-15)13-17-12(19-20-13)7-2-3-7/h4-7H,2-3H2,1H3,(H,17,19,20). The van der Waals surface area contributed by atoms with Gasteiger partial charge in [-0.3, -0.25) is 9.78 Å². The Hall–Kier alpha value is -3.10. The Morgan fingerprint density at radius 1 is 1.25 bits per heavy atom. The van der Waals surface area contributed by atoms with Crippen LogP contribution in [0, 0.1) is 5.82 Å². The molecule has 3 aromatic heterocycles. The van der Waals surface area contributed by atoms with Gasteiger partial charge >= 0.3 is 0 Å². The summed E-state index contributed by atoms with van der Waals surface area (Å²) in [6, 6.07) is 4.45. The average Bonchev–Trinajstić information content (AvgIpc) is 2.99. The van der Waals surface area contributed by atoms with Crippen LogP contribution in [0.5, 0.6) is 0 Å². The second kappa shape index (κ2) is 4.70. The summed E-state index contributed by atoms with van der Waals surface area (Å²) in [6.45, 7) is 0. The summed E-state index contributed by atoms with van der Waals surface area (Å²) >= 11 is 0. The number of halogens is 1. The maximum atomic E-state index is 13.6. The van der Waals surface area contributed by atoms with Crippen molar-refractivity contribution in [2.75, 3.05) is 0 Å². The molecule has 1 saturated carbocycles. The Labute approximate surface area is 134 Å². The molecule has 0 spiro atoms. The van der Waals surface area contributed by atoms with Gasteiger partial charge in [-0.05, 0) is 31.0 Å². The molecule has 1 N–H and O–H groups in total. The lowest BCUT2D eigenvalue weighted by Crippen LogP contribution is -1.89. The van der Waals surface area contributed by atoms with Crippen molar-refractivity contribution in [3.8, 4) is 23.2 Å². The number of rotatable bonds is 3. The third-order valence-corrected chi connectivity index (χ3v) is 4.11. The van der Waals surface area contributed by atoms with E-state index in [0.717, 1.165) is 24.2 Å². The van der Waals surface area contributed by atoms with Gasteiger partial charge in [0.15, 0.2) is 5.69 Å². The molecular formula is C15H12FN7O. The van der Waals surface area contributed by atoms with Gasteiger partial charge in [-0.25, -0.2) is 9.37 Å². The van der Waals surface area contributed by atoms with Crippen molar-refractivity contribution in [1.82, 2.24) is 35.1 Å². The average molecular weight is 325 g/mol. The number of aromatic nitrogens is 7. The Bertz CT molecular complexity index is 1060. The molecule has 3 heterocycles. The monoisotopic (exact) mass is 325 g/mol. The van der Waals surface area contributed by atoms with Gasteiger partial charge in [0.1, 0.15) is 11.6 Å². The summed E-state index contributed by atoms with van der Waals surface area (Å²) in [5.41, 5.74) is 1.21. The molecule has 0 aliphatic heterocycles. The Morgan fingerprint density at radius 2 is 2.12 bits per heavy atom. The van der Waals surface area contributed by atoms with E-state index in [9.17, 15) is 4.39 Å². The van der Waals surface area contributed by atoms with Crippen LogP contribution in [0.25, 0.3) is 34.1 Å². The Morgan fingerprint density at radius 3 is 2.96 bits per heavy atom. The number of aromatic amines is 1. The first kappa shape index (κ1) is 13.3. The minimum absolute atomic E-state index is 0.207. The fourth-order valence-corrected chi connectivity index (χ4v) is 2.72. The summed E-state index contributed by atoms with van der Waals surface area (Å²) in [7, 11) is 1.78. The summed E-state index contributed by atoms with van der Waals surface area (Å²) in [4.78, 5) is 8.71. The lowest BCUT2D eigenvalue weighted by molar-refractivity contribution is 0.430. The molecule has 0 unspecified atom stereocenters. The Balaban J connectivity index is 1.58. The minimum atomic E-state index is -0.348. The fourth-order valence-electron chi connectivity index (χ4n) is 2.72. The minimum Gasteiger partial charge on any atom is -0.332 e. The van der Waals surface area contributed by atoms with Gasteiger partial charge in [0.2, 0.25) is 11.6 Å². The number of hydrogen-bond acceptors (Lipinski definition) is 6. The predicted molar refractivity (Wildman–Crippen MR) is 81.3 cm³/mol. The molecule has 1 aromatic carbocycles. The number of aryl methyl sites for hydroxylation is 1. The van der Waals surface area contributed by atoms with Gasteiger partial charge in [0, 0.05) is 18.4 Å². The second-order valence-corrected chi connectivity index (χ2v) is 5.88. The van der Waals surface area contributed by atoms with E-state index in [1.54, 1.807) is 17.8 Å². The van der Waals surface area contributed by atoms with Crippen molar-refractivity contribution in [1.29, 1.82) is 0 Å². The first-order chi connectivity index (χ1) is 11.7. The number of hydrogen-bond donors (Lipinski definition) is 1. The van der Waals surface area contributed by atoms with Crippen LogP contribution in [-0.2, 0) is 7.05 Å². The molecule has 120 valence electrons. The summed E-state index contributed by atoms with van der Waals surface area (Å²) in [5, 5.41) is 15.9. The van der Waals surface area contributed by atoms with Crippen LogP contribution in [0.4, 0.5) is 4.39 Å². The van der Waals surface area contributed by atoms with Crippen LogP contribution in [0.1, 0.15) is 24.6 Å². The number of nitrogens with zero attached hydrogens (tertiary/aromatic N) is 6. The highest BCUT2D eigenvalue weighted by Gasteiger charge is 2.28. The van der Waals surface area contributed by atoms with Crippen molar-refractivity contribution < 1.29 is 8.91 Å². The van der Waals surface area contributed by atoms with E-state index in [-0.39, 0.29) is 17.5 Å². The molecule has 0 radical (unpaired) electrons. The number of benzene rings is 1. The summed E-state index contributed by atoms with van der Waals surface area (Å²) < 4.78 is 20.5. The Kier molecular flexibility index (Phi) is 2.61. The normalized spacial score (nSPS) is 14.6. The van der Waals surface area contributed by atoms with Gasteiger partial charge < -0.3 is 4.52 Å². The highest BCUT2D eigenvalue weighted by atomic mass is 19.1. The highest BCUT2D eigenvalue weighted by molar-refractivity contribution is 5.91. The van der Waals surface area contributed by atoms with Crippen LogP contribution in [-0.4, -0.2) is 35.1 Å². The van der Waals surface area contributed by atoms with E-state index in [4.69, 9.17) is 4.52 Å². The largest absolute Gasteiger partial charge is 0.332 e. The quantitative estimate of drug-likeness (QED) is 0.621. The molecule has 8 nitrogen and oxygen atoms in total. The number of H-pyrrole nitrogens is 1. The van der Waals surface area contributed by atoms with Gasteiger partial charge in [0.05, 0.1) is 5.52 Å². The first-order valence-corrected chi connectivity index (χ1v) is 7.58. The molecule has 1 aliphatic carbocycles. The van der Waals surface area contributed by atoms with Crippen molar-refractivity contribution >= 4 is 10.9 Å². The van der Waals surface area contributed by atoms with Gasteiger partial charge in [-0.15, -0.1) is 5.10 Å². The molecule has 1 aliphatic rings. The van der Waals surface area contributed by atoms with Crippen LogP contribution in [0.15, 0.2) is 22.7 Å². The van der Waals surface area contributed by atoms with Crippen LogP contribution >= 0.6 is 0 Å². The van der Waals surface area contributed by atoms with Crippen molar-refractivity contribution in [3.63, 3.8) is 0 Å². The topological polar surface area (TPSA) is 98.3 Å². The molecule has 0 bridgehead atoms. The smallest absolute Gasteiger partial charge is 0.279 e. The molecule has 4 aromatic rings. The number of nitrogens with one attached hydrogen (secondary N) is 1. The zero-order chi connectivity index (χ0) is 16.3.